The molecule has 0 atom stereocenters. The van der Waals surface area contributed by atoms with Crippen LogP contribution in [0.25, 0.3) is 0 Å². The molecule has 0 aliphatic rings. The van der Waals surface area contributed by atoms with Gasteiger partial charge in [0.25, 0.3) is 0 Å². The fraction of sp³-hybridized carbons (Fsp3) is 0.500. The van der Waals surface area contributed by atoms with Crippen LogP contribution in [0.2, 0.25) is 0 Å². The molecule has 0 heterocycles. The Hall–Kier alpha value is 1.23. The molecule has 0 aromatic carbocycles. The maximum Gasteiger partial charge on any atom is 1.00 e. The van der Waals surface area contributed by atoms with Crippen LogP contribution in [-0.2, 0) is 7.87 Å². The second kappa shape index (κ2) is 10.3. The summed E-state index contributed by atoms with van der Waals surface area (Å²) in [7, 11) is 0. The Bertz CT molecular complexity index is 55.3. The van der Waals surface area contributed by atoms with E-state index in [0.29, 0.717) is 22.9 Å². The summed E-state index contributed by atoms with van der Waals surface area (Å²) in [6.07, 6.45) is 0. The molecule has 7 heavy (non-hydrogen) atoms. The van der Waals surface area contributed by atoms with Gasteiger partial charge in [-0.3, -0.25) is 0 Å². The molecule has 0 spiro atoms. The molecule has 0 aromatic rings. The molecular formula is C2H8NNaO2Sn. The molecule has 0 unspecified atom stereocenters. The smallest absolute Gasteiger partial charge is 1.00 e. The van der Waals surface area contributed by atoms with Gasteiger partial charge >= 0.3 is 73.3 Å². The van der Waals surface area contributed by atoms with Crippen molar-refractivity contribution in [1.29, 1.82) is 0 Å². The molecule has 0 aliphatic heterocycles. The third-order valence-corrected chi connectivity index (χ3v) is 1.11. The first-order chi connectivity index (χ1) is 2.27. The van der Waals surface area contributed by atoms with Gasteiger partial charge in [-0.15, -0.1) is 0 Å². The third-order valence-electron chi connectivity index (χ3n) is 0.166. The van der Waals surface area contributed by atoms with E-state index < -0.39 is 0 Å². The first kappa shape index (κ1) is 15.7. The van der Waals surface area contributed by atoms with Crippen LogP contribution in [-0.4, -0.2) is 28.9 Å². The Labute approximate surface area is 80.2 Å². The van der Waals surface area contributed by atoms with E-state index in [2.05, 4.69) is 3.07 Å². The number of hydrogen-bond donors (Lipinski definition) is 1. The van der Waals surface area contributed by atoms with Crippen LogP contribution in [0, 0.1) is 0 Å². The maximum atomic E-state index is 9.62. The van der Waals surface area contributed by atoms with Gasteiger partial charge in [0, 0.05) is 0 Å². The Balaban J connectivity index is -0.0000000267. The molecule has 2 radical (unpaired) electrons. The van der Waals surface area contributed by atoms with Crippen molar-refractivity contribution in [2.75, 3.05) is 0 Å². The summed E-state index contributed by atoms with van der Waals surface area (Å²) in [6, 6.07) is 0. The van der Waals surface area contributed by atoms with E-state index >= 15 is 0 Å². The van der Waals surface area contributed by atoms with Gasteiger partial charge in [0.1, 0.15) is 0 Å². The molecule has 0 saturated carbocycles. The van der Waals surface area contributed by atoms with Crippen LogP contribution in [0.5, 0.6) is 0 Å². The summed E-state index contributed by atoms with van der Waals surface area (Å²) in [4.78, 5) is 9.62. The molecule has 0 fully saturated rings. The van der Waals surface area contributed by atoms with Gasteiger partial charge in [-0.05, 0) is 0 Å². The van der Waals surface area contributed by atoms with Crippen molar-refractivity contribution in [2.24, 2.45) is 0 Å². The quantitative estimate of drug-likeness (QED) is 0.433. The Morgan fingerprint density at radius 1 is 1.86 bits per heavy atom. The van der Waals surface area contributed by atoms with Gasteiger partial charge in [-0.25, -0.2) is 0 Å². The second-order valence-electron chi connectivity index (χ2n) is 0.609. The van der Waals surface area contributed by atoms with Crippen LogP contribution in [0.3, 0.4) is 0 Å². The van der Waals surface area contributed by atoms with Crippen molar-refractivity contribution in [1.82, 2.24) is 6.15 Å². The normalized spacial score (nSPS) is 4.86. The monoisotopic (exact) mass is 221 g/mol. The summed E-state index contributed by atoms with van der Waals surface area (Å²) in [5.41, 5.74) is 0. The van der Waals surface area contributed by atoms with Gasteiger partial charge in [-0.2, -0.15) is 0 Å². The van der Waals surface area contributed by atoms with Crippen LogP contribution in [0.1, 0.15) is 8.35 Å². The number of carbonyl (C=O) groups excluding carboxylic acids is 1. The van der Waals surface area contributed by atoms with Crippen LogP contribution in [0.15, 0.2) is 0 Å². The number of hydrogen-bond acceptors (Lipinski definition) is 3. The second-order valence-corrected chi connectivity index (χ2v) is 1.28. The minimum Gasteiger partial charge on any atom is -1.00 e. The zero-order valence-corrected chi connectivity index (χ0v) is 9.90. The molecule has 3 nitrogen and oxygen atoms in total. The Kier molecular flexibility index (Phi) is 23.0. The standard InChI is InChI=1S/C2H4O2.H3N.Na.Sn.2H/c1-2(3)4;;;;;/h1H3,(H,3,4);1H3;;;;/q;;2*+1;;-1/p-1. The van der Waals surface area contributed by atoms with E-state index in [0.717, 1.165) is 0 Å². The van der Waals surface area contributed by atoms with Crippen molar-refractivity contribution < 1.29 is 38.9 Å². The van der Waals surface area contributed by atoms with Gasteiger partial charge in [0.15, 0.2) is 0 Å². The fourth-order valence-corrected chi connectivity index (χ4v) is 0. The molecule has 0 amide bonds. The Morgan fingerprint density at radius 2 is 2.00 bits per heavy atom. The van der Waals surface area contributed by atoms with Gasteiger partial charge in [0.2, 0.25) is 0 Å². The molecule has 0 saturated heterocycles. The van der Waals surface area contributed by atoms with Gasteiger partial charge < -0.3 is 7.58 Å². The maximum absolute atomic E-state index is 9.62. The van der Waals surface area contributed by atoms with E-state index in [1.54, 1.807) is 0 Å². The van der Waals surface area contributed by atoms with Gasteiger partial charge in [0.05, 0.1) is 0 Å². The van der Waals surface area contributed by atoms with Crippen LogP contribution >= 0.6 is 0 Å². The zero-order valence-electron chi connectivity index (χ0n) is 5.60. The van der Waals surface area contributed by atoms with Gasteiger partial charge in [-0.1, -0.05) is 0 Å². The molecular weight excluding hydrogens is 212 g/mol. The largest absolute Gasteiger partial charge is 1.00 e. The summed E-state index contributed by atoms with van der Waals surface area (Å²) >= 11 is 0.577. The first-order valence-corrected chi connectivity index (χ1v) is 2.49. The van der Waals surface area contributed by atoms with Crippen molar-refractivity contribution in [3.8, 4) is 0 Å². The molecule has 0 rings (SSSR count). The molecule has 38 valence electrons. The predicted octanol–water partition coefficient (Wildman–Crippen LogP) is -3.36. The molecule has 3 N–H and O–H groups in total. The molecule has 0 bridgehead atoms. The van der Waals surface area contributed by atoms with Crippen LogP contribution in [0.4, 0.5) is 0 Å². The summed E-state index contributed by atoms with van der Waals surface area (Å²) in [5.74, 6) is -0.188. The topological polar surface area (TPSA) is 61.3 Å². The zero-order chi connectivity index (χ0) is 4.28. The molecule has 0 aliphatic carbocycles. The average molecular weight is 220 g/mol. The van der Waals surface area contributed by atoms with Crippen molar-refractivity contribution in [3.63, 3.8) is 0 Å². The minimum absolute atomic E-state index is 0. The Morgan fingerprint density at radius 3 is 2.00 bits per heavy atom. The summed E-state index contributed by atoms with van der Waals surface area (Å²) in [5, 5.41) is 0. The van der Waals surface area contributed by atoms with Crippen molar-refractivity contribution in [2.45, 2.75) is 6.92 Å². The molecule has 0 aromatic heterocycles. The van der Waals surface area contributed by atoms with E-state index in [9.17, 15) is 4.79 Å². The van der Waals surface area contributed by atoms with E-state index in [1.165, 1.54) is 6.92 Å². The van der Waals surface area contributed by atoms with E-state index in [-0.39, 0.29) is 43.1 Å². The fourth-order valence-electron chi connectivity index (χ4n) is 0. The van der Waals surface area contributed by atoms with Crippen molar-refractivity contribution >= 4 is 28.9 Å². The first-order valence-electron chi connectivity index (χ1n) is 1.14. The van der Waals surface area contributed by atoms with E-state index in [4.69, 9.17) is 0 Å². The van der Waals surface area contributed by atoms with E-state index in [1.807, 2.05) is 0 Å². The number of rotatable bonds is 0. The SMILES string of the molecule is CC(=O)[O][SnH].N.[H-].[Na+]. The summed E-state index contributed by atoms with van der Waals surface area (Å²) < 4.78 is 4.24. The summed E-state index contributed by atoms with van der Waals surface area (Å²) in [6.45, 7) is 1.39. The average Bonchev–Trinajstić information content (AvgIpc) is 1.38. The third kappa shape index (κ3) is 19.0. The van der Waals surface area contributed by atoms with Crippen molar-refractivity contribution in [3.05, 3.63) is 0 Å². The van der Waals surface area contributed by atoms with Crippen LogP contribution < -0.4 is 35.7 Å². The minimum atomic E-state index is -0.188. The molecule has 5 heteroatoms. The predicted molar refractivity (Wildman–Crippen MR) is 25.0 cm³/mol. The number of carbonyl (C=O) groups is 1.